The number of amides is 1. The first-order valence-electron chi connectivity index (χ1n) is 9.87. The van der Waals surface area contributed by atoms with Crippen LogP contribution in [0, 0.1) is 6.92 Å². The third kappa shape index (κ3) is 3.32. The van der Waals surface area contributed by atoms with Crippen LogP contribution in [0.3, 0.4) is 0 Å². The largest absolute Gasteiger partial charge is 0.390 e. The SMILES string of the molecule is CCC1(O)CCN(C(=O)c2ccc3nc(C)c(C4=CC=CCC4)n3c2)CC1. The number of imidazole rings is 1. The van der Waals surface area contributed by atoms with Gasteiger partial charge in [0.1, 0.15) is 5.65 Å². The number of pyridine rings is 1. The van der Waals surface area contributed by atoms with E-state index in [9.17, 15) is 9.90 Å². The van der Waals surface area contributed by atoms with Gasteiger partial charge in [-0.15, -0.1) is 0 Å². The van der Waals surface area contributed by atoms with Crippen molar-refractivity contribution < 1.29 is 9.90 Å². The normalized spacial score (nSPS) is 19.4. The Morgan fingerprint density at radius 1 is 1.30 bits per heavy atom. The lowest BCUT2D eigenvalue weighted by Crippen LogP contribution is -2.46. The number of hydrogen-bond donors (Lipinski definition) is 1. The van der Waals surface area contributed by atoms with Crippen molar-refractivity contribution in [1.82, 2.24) is 14.3 Å². The molecule has 0 radical (unpaired) electrons. The fraction of sp³-hybridized carbons (Fsp3) is 0.455. The third-order valence-electron chi connectivity index (χ3n) is 6.00. The molecular formula is C22H27N3O2. The standard InChI is InChI=1S/C22H27N3O2/c1-3-22(27)11-13-24(14-12-22)21(26)18-9-10-19-23-16(2)20(25(19)15-18)17-7-5-4-6-8-17/h4-5,7,9-10,15,27H,3,6,8,11-14H2,1-2H3. The number of rotatable bonds is 3. The topological polar surface area (TPSA) is 57.8 Å². The summed E-state index contributed by atoms with van der Waals surface area (Å²) in [4.78, 5) is 19.6. The highest BCUT2D eigenvalue weighted by Gasteiger charge is 2.32. The molecule has 0 unspecified atom stereocenters. The van der Waals surface area contributed by atoms with Crippen molar-refractivity contribution in [3.8, 4) is 0 Å². The number of fused-ring (bicyclic) bond motifs is 1. The van der Waals surface area contributed by atoms with Gasteiger partial charge in [-0.1, -0.05) is 25.2 Å². The molecule has 1 fully saturated rings. The van der Waals surface area contributed by atoms with Gasteiger partial charge in [-0.05, 0) is 56.7 Å². The number of carbonyl (C=O) groups excluding carboxylic acids is 1. The molecule has 5 nitrogen and oxygen atoms in total. The lowest BCUT2D eigenvalue weighted by Gasteiger charge is -2.37. The summed E-state index contributed by atoms with van der Waals surface area (Å²) in [5.41, 5.74) is 4.29. The number of aromatic nitrogens is 2. The fourth-order valence-electron chi connectivity index (χ4n) is 4.14. The van der Waals surface area contributed by atoms with Crippen molar-refractivity contribution in [1.29, 1.82) is 0 Å². The smallest absolute Gasteiger partial charge is 0.255 e. The number of allylic oxidation sites excluding steroid dienone is 4. The maximum Gasteiger partial charge on any atom is 0.255 e. The zero-order valence-electron chi connectivity index (χ0n) is 16.1. The Morgan fingerprint density at radius 2 is 2.07 bits per heavy atom. The molecule has 2 aliphatic rings. The average molecular weight is 365 g/mol. The van der Waals surface area contributed by atoms with Gasteiger partial charge in [-0.25, -0.2) is 4.98 Å². The molecule has 2 aromatic rings. The lowest BCUT2D eigenvalue weighted by atomic mass is 9.89. The van der Waals surface area contributed by atoms with Crippen molar-refractivity contribution in [3.05, 3.63) is 53.5 Å². The summed E-state index contributed by atoms with van der Waals surface area (Å²) in [5, 5.41) is 10.4. The van der Waals surface area contributed by atoms with Gasteiger partial charge in [-0.2, -0.15) is 0 Å². The van der Waals surface area contributed by atoms with Crippen molar-refractivity contribution in [2.75, 3.05) is 13.1 Å². The van der Waals surface area contributed by atoms with E-state index in [1.807, 2.05) is 37.1 Å². The maximum atomic E-state index is 13.0. The van der Waals surface area contributed by atoms with Crippen LogP contribution in [0.25, 0.3) is 11.2 Å². The van der Waals surface area contributed by atoms with E-state index in [1.54, 1.807) is 0 Å². The van der Waals surface area contributed by atoms with E-state index >= 15 is 0 Å². The first kappa shape index (κ1) is 18.0. The van der Waals surface area contributed by atoms with Crippen molar-refractivity contribution in [2.45, 2.75) is 51.6 Å². The zero-order chi connectivity index (χ0) is 19.0. The highest BCUT2D eigenvalue weighted by molar-refractivity contribution is 5.94. The number of hydrogen-bond acceptors (Lipinski definition) is 3. The molecule has 1 aliphatic carbocycles. The Hall–Kier alpha value is -2.40. The zero-order valence-corrected chi connectivity index (χ0v) is 16.1. The summed E-state index contributed by atoms with van der Waals surface area (Å²) in [7, 11) is 0. The molecule has 0 aromatic carbocycles. The molecular weight excluding hydrogens is 338 g/mol. The molecule has 142 valence electrons. The molecule has 0 saturated carbocycles. The Kier molecular flexibility index (Phi) is 4.64. The van der Waals surface area contributed by atoms with E-state index in [0.29, 0.717) is 31.5 Å². The van der Waals surface area contributed by atoms with E-state index in [-0.39, 0.29) is 5.91 Å². The second-order valence-electron chi connectivity index (χ2n) is 7.72. The highest BCUT2D eigenvalue weighted by Crippen LogP contribution is 2.29. The minimum atomic E-state index is -0.615. The fourth-order valence-corrected chi connectivity index (χ4v) is 4.14. The molecule has 1 amide bonds. The van der Waals surface area contributed by atoms with E-state index in [0.717, 1.165) is 36.3 Å². The number of aryl methyl sites for hydroxylation is 1. The molecule has 2 aromatic heterocycles. The second-order valence-corrected chi connectivity index (χ2v) is 7.72. The molecule has 1 N–H and O–H groups in total. The molecule has 5 heteroatoms. The predicted octanol–water partition coefficient (Wildman–Crippen LogP) is 3.75. The van der Waals surface area contributed by atoms with E-state index in [1.165, 1.54) is 5.57 Å². The highest BCUT2D eigenvalue weighted by atomic mass is 16.3. The number of aliphatic hydroxyl groups is 1. The van der Waals surface area contributed by atoms with Crippen LogP contribution < -0.4 is 0 Å². The Morgan fingerprint density at radius 3 is 2.74 bits per heavy atom. The van der Waals surface area contributed by atoms with Gasteiger partial charge >= 0.3 is 0 Å². The number of carbonyl (C=O) groups is 1. The van der Waals surface area contributed by atoms with Gasteiger partial charge in [0.2, 0.25) is 0 Å². The van der Waals surface area contributed by atoms with Crippen LogP contribution in [0.1, 0.15) is 60.8 Å². The van der Waals surface area contributed by atoms with Gasteiger partial charge in [0.25, 0.3) is 5.91 Å². The Labute approximate surface area is 160 Å². The first-order chi connectivity index (χ1) is 13.0. The van der Waals surface area contributed by atoms with Crippen molar-refractivity contribution in [3.63, 3.8) is 0 Å². The minimum absolute atomic E-state index is 0.0323. The summed E-state index contributed by atoms with van der Waals surface area (Å²) >= 11 is 0. The molecule has 3 heterocycles. The van der Waals surface area contributed by atoms with Crippen LogP contribution in [0.4, 0.5) is 0 Å². The van der Waals surface area contributed by atoms with Gasteiger partial charge < -0.3 is 10.0 Å². The number of likely N-dealkylation sites (tertiary alicyclic amines) is 1. The lowest BCUT2D eigenvalue weighted by molar-refractivity contribution is -0.0193. The molecule has 0 spiro atoms. The molecule has 1 aliphatic heterocycles. The van der Waals surface area contributed by atoms with Crippen molar-refractivity contribution in [2.24, 2.45) is 0 Å². The summed E-state index contributed by atoms with van der Waals surface area (Å²) in [6, 6.07) is 3.79. The van der Waals surface area contributed by atoms with Crippen LogP contribution in [0.15, 0.2) is 36.6 Å². The van der Waals surface area contributed by atoms with Gasteiger partial charge in [-0.3, -0.25) is 9.20 Å². The monoisotopic (exact) mass is 365 g/mol. The van der Waals surface area contributed by atoms with Crippen LogP contribution in [-0.2, 0) is 0 Å². The number of nitrogens with zero attached hydrogens (tertiary/aromatic N) is 3. The van der Waals surface area contributed by atoms with E-state index in [4.69, 9.17) is 0 Å². The molecule has 0 atom stereocenters. The van der Waals surface area contributed by atoms with E-state index in [2.05, 4.69) is 27.6 Å². The van der Waals surface area contributed by atoms with Crippen LogP contribution in [0.5, 0.6) is 0 Å². The molecule has 0 bridgehead atoms. The second kappa shape index (κ2) is 6.97. The van der Waals surface area contributed by atoms with Gasteiger partial charge in [0.05, 0.1) is 22.6 Å². The Bertz CT molecular complexity index is 930. The Balaban J connectivity index is 1.64. The van der Waals surface area contributed by atoms with Crippen LogP contribution in [0.2, 0.25) is 0 Å². The summed E-state index contributed by atoms with van der Waals surface area (Å²) < 4.78 is 2.06. The van der Waals surface area contributed by atoms with Crippen molar-refractivity contribution >= 4 is 17.1 Å². The van der Waals surface area contributed by atoms with Crippen LogP contribution in [-0.4, -0.2) is 44.0 Å². The quantitative estimate of drug-likeness (QED) is 0.901. The summed E-state index contributed by atoms with van der Waals surface area (Å²) in [5.74, 6) is 0.0323. The average Bonchev–Trinajstić information content (AvgIpc) is 3.03. The minimum Gasteiger partial charge on any atom is -0.390 e. The summed E-state index contributed by atoms with van der Waals surface area (Å²) in [6.45, 7) is 5.24. The van der Waals surface area contributed by atoms with E-state index < -0.39 is 5.60 Å². The third-order valence-corrected chi connectivity index (χ3v) is 6.00. The molecule has 1 saturated heterocycles. The maximum absolute atomic E-state index is 13.0. The van der Waals surface area contributed by atoms with Gasteiger partial charge in [0.15, 0.2) is 0 Å². The predicted molar refractivity (Wildman–Crippen MR) is 107 cm³/mol. The molecule has 4 rings (SSSR count). The van der Waals surface area contributed by atoms with Crippen LogP contribution >= 0.6 is 0 Å². The van der Waals surface area contributed by atoms with Gasteiger partial charge in [0, 0.05) is 19.3 Å². The summed E-state index contributed by atoms with van der Waals surface area (Å²) in [6.07, 6.45) is 12.4. The number of piperidine rings is 1. The first-order valence-corrected chi connectivity index (χ1v) is 9.87. The molecule has 27 heavy (non-hydrogen) atoms.